The van der Waals surface area contributed by atoms with Gasteiger partial charge in [-0.25, -0.2) is 8.42 Å². The number of amides is 1. The maximum Gasteiger partial charge on any atom is 0.257 e. The lowest BCUT2D eigenvalue weighted by atomic mass is 10.1. The van der Waals surface area contributed by atoms with Gasteiger partial charge in [0.15, 0.2) is 0 Å². The fourth-order valence-electron chi connectivity index (χ4n) is 3.51. The number of hydrogen-bond acceptors (Lipinski definition) is 6. The van der Waals surface area contributed by atoms with Crippen LogP contribution in [-0.2, 0) is 10.0 Å². The van der Waals surface area contributed by atoms with Gasteiger partial charge in [0, 0.05) is 24.6 Å². The number of rotatable bonds is 7. The molecule has 1 amide bonds. The first kappa shape index (κ1) is 21.9. The van der Waals surface area contributed by atoms with Crippen LogP contribution >= 0.6 is 11.3 Å². The second kappa shape index (κ2) is 9.32. The Morgan fingerprint density at radius 1 is 1.17 bits per heavy atom. The fraction of sp³-hybridized carbons (Fsp3) is 0.550. The Hall–Kier alpha value is -1.84. The van der Waals surface area contributed by atoms with Gasteiger partial charge in [-0.1, -0.05) is 37.7 Å². The van der Waals surface area contributed by atoms with Crippen molar-refractivity contribution >= 4 is 32.4 Å². The van der Waals surface area contributed by atoms with Gasteiger partial charge in [0.05, 0.1) is 4.90 Å². The van der Waals surface area contributed by atoms with E-state index in [0.29, 0.717) is 35.3 Å². The number of aryl methyl sites for hydroxylation is 1. The van der Waals surface area contributed by atoms with Gasteiger partial charge in [0.25, 0.3) is 5.91 Å². The second-order valence-electron chi connectivity index (χ2n) is 7.35. The molecule has 0 bridgehead atoms. The molecule has 1 aliphatic rings. The van der Waals surface area contributed by atoms with Crippen molar-refractivity contribution in [1.29, 1.82) is 0 Å². The van der Waals surface area contributed by atoms with Crippen LogP contribution in [0.3, 0.4) is 0 Å². The van der Waals surface area contributed by atoms with Crippen molar-refractivity contribution in [3.8, 4) is 0 Å². The number of nitrogens with zero attached hydrogens (tertiary/aromatic N) is 3. The molecule has 0 spiro atoms. The van der Waals surface area contributed by atoms with Crippen LogP contribution in [0.25, 0.3) is 0 Å². The largest absolute Gasteiger partial charge is 0.296 e. The summed E-state index contributed by atoms with van der Waals surface area (Å²) >= 11 is 1.37. The van der Waals surface area contributed by atoms with Gasteiger partial charge in [-0.2, -0.15) is 4.31 Å². The monoisotopic (exact) mass is 436 g/mol. The highest BCUT2D eigenvalue weighted by atomic mass is 32.2. The number of benzene rings is 1. The van der Waals surface area contributed by atoms with Crippen molar-refractivity contribution in [1.82, 2.24) is 14.5 Å². The lowest BCUT2D eigenvalue weighted by Gasteiger charge is -2.26. The maximum absolute atomic E-state index is 12.9. The summed E-state index contributed by atoms with van der Waals surface area (Å²) in [6, 6.07) is 4.73. The van der Waals surface area contributed by atoms with Crippen LogP contribution in [0.5, 0.6) is 0 Å². The molecule has 0 unspecified atom stereocenters. The van der Waals surface area contributed by atoms with Crippen molar-refractivity contribution in [2.45, 2.75) is 63.7 Å². The average molecular weight is 437 g/mol. The Morgan fingerprint density at radius 2 is 1.86 bits per heavy atom. The summed E-state index contributed by atoms with van der Waals surface area (Å²) in [5.74, 6) is -0.0386. The van der Waals surface area contributed by atoms with Crippen LogP contribution in [0.2, 0.25) is 0 Å². The van der Waals surface area contributed by atoms with E-state index in [2.05, 4.69) is 29.4 Å². The van der Waals surface area contributed by atoms with E-state index in [0.717, 1.165) is 37.1 Å². The molecule has 0 atom stereocenters. The molecule has 1 N–H and O–H groups in total. The molecule has 2 aromatic rings. The minimum Gasteiger partial charge on any atom is -0.296 e. The molecule has 7 nitrogen and oxygen atoms in total. The van der Waals surface area contributed by atoms with Gasteiger partial charge in [-0.3, -0.25) is 10.1 Å². The number of anilines is 1. The maximum atomic E-state index is 12.9. The first-order valence-electron chi connectivity index (χ1n) is 10.1. The Labute approximate surface area is 176 Å². The Kier molecular flexibility index (Phi) is 7.02. The van der Waals surface area contributed by atoms with E-state index in [1.165, 1.54) is 21.7 Å². The van der Waals surface area contributed by atoms with Crippen molar-refractivity contribution in [2.75, 3.05) is 18.4 Å². The highest BCUT2D eigenvalue weighted by molar-refractivity contribution is 7.89. The van der Waals surface area contributed by atoms with Gasteiger partial charge in [-0.15, -0.1) is 10.2 Å². The minimum atomic E-state index is -3.59. The molecule has 1 aliphatic heterocycles. The zero-order chi connectivity index (χ0) is 21.0. The van der Waals surface area contributed by atoms with Gasteiger partial charge in [0.1, 0.15) is 5.01 Å². The Bertz CT molecular complexity index is 962. The highest BCUT2D eigenvalue weighted by Gasteiger charge is 2.27. The molecule has 1 aromatic carbocycles. The summed E-state index contributed by atoms with van der Waals surface area (Å²) in [6.45, 7) is 7.06. The first-order chi connectivity index (χ1) is 13.9. The van der Waals surface area contributed by atoms with Crippen LogP contribution in [0.1, 0.15) is 72.8 Å². The van der Waals surface area contributed by atoms with E-state index < -0.39 is 10.0 Å². The molecule has 1 saturated heterocycles. The predicted molar refractivity (Wildman–Crippen MR) is 115 cm³/mol. The van der Waals surface area contributed by atoms with Crippen molar-refractivity contribution in [3.05, 3.63) is 34.3 Å². The number of piperidine rings is 1. The van der Waals surface area contributed by atoms with Crippen LogP contribution in [-0.4, -0.2) is 41.9 Å². The third-order valence-corrected chi connectivity index (χ3v) is 8.30. The standard InChI is InChI=1S/C20H28N4O3S2/c1-4-15(5-2)19-22-23-20(28-19)21-18(25)17-13-16(10-9-14(17)3)29(26,27)24-11-7-6-8-12-24/h9-10,13,15H,4-8,11-12H2,1-3H3,(H,21,23,25). The SMILES string of the molecule is CCC(CC)c1nnc(NC(=O)c2cc(S(=O)(=O)N3CCCCC3)ccc2C)s1. The number of aromatic nitrogens is 2. The van der Waals surface area contributed by atoms with Crippen LogP contribution in [0, 0.1) is 6.92 Å². The summed E-state index contributed by atoms with van der Waals surface area (Å²) < 4.78 is 27.4. The summed E-state index contributed by atoms with van der Waals surface area (Å²) in [5.41, 5.74) is 1.05. The number of hydrogen-bond donors (Lipinski definition) is 1. The van der Waals surface area contributed by atoms with E-state index in [9.17, 15) is 13.2 Å². The third kappa shape index (κ3) is 4.84. The normalized spacial score (nSPS) is 15.6. The predicted octanol–water partition coefficient (Wildman–Crippen LogP) is 4.18. The lowest BCUT2D eigenvalue weighted by Crippen LogP contribution is -2.35. The van der Waals surface area contributed by atoms with Gasteiger partial charge in [-0.05, 0) is 50.3 Å². The first-order valence-corrected chi connectivity index (χ1v) is 12.4. The fourth-order valence-corrected chi connectivity index (χ4v) is 6.06. The topological polar surface area (TPSA) is 92.3 Å². The van der Waals surface area contributed by atoms with Crippen LogP contribution in [0.15, 0.2) is 23.1 Å². The van der Waals surface area contributed by atoms with Crippen molar-refractivity contribution < 1.29 is 13.2 Å². The van der Waals surface area contributed by atoms with Crippen LogP contribution in [0.4, 0.5) is 5.13 Å². The molecule has 29 heavy (non-hydrogen) atoms. The number of sulfonamides is 1. The lowest BCUT2D eigenvalue weighted by molar-refractivity contribution is 0.102. The van der Waals surface area contributed by atoms with E-state index >= 15 is 0 Å². The summed E-state index contributed by atoms with van der Waals surface area (Å²) in [5, 5.41) is 12.4. The molecule has 3 rings (SSSR count). The van der Waals surface area contributed by atoms with Gasteiger partial charge in [0.2, 0.25) is 15.2 Å². The molecule has 0 saturated carbocycles. The summed E-state index contributed by atoms with van der Waals surface area (Å²) in [6.07, 6.45) is 4.72. The molecule has 158 valence electrons. The second-order valence-corrected chi connectivity index (χ2v) is 10.3. The Balaban J connectivity index is 1.81. The zero-order valence-electron chi connectivity index (χ0n) is 17.1. The van der Waals surface area contributed by atoms with Gasteiger partial charge >= 0.3 is 0 Å². The molecule has 0 radical (unpaired) electrons. The number of carbonyl (C=O) groups excluding carboxylic acids is 1. The van der Waals surface area contributed by atoms with Crippen molar-refractivity contribution in [2.24, 2.45) is 0 Å². The molecular weight excluding hydrogens is 408 g/mol. The summed E-state index contributed by atoms with van der Waals surface area (Å²) in [7, 11) is -3.59. The quantitative estimate of drug-likeness (QED) is 0.703. The number of nitrogens with one attached hydrogen (secondary N) is 1. The minimum absolute atomic E-state index is 0.158. The van der Waals surface area contributed by atoms with E-state index in [4.69, 9.17) is 0 Å². The smallest absolute Gasteiger partial charge is 0.257 e. The molecule has 1 fully saturated rings. The van der Waals surface area contributed by atoms with Gasteiger partial charge < -0.3 is 0 Å². The van der Waals surface area contributed by atoms with Crippen LogP contribution < -0.4 is 5.32 Å². The highest BCUT2D eigenvalue weighted by Crippen LogP contribution is 2.29. The average Bonchev–Trinajstić information content (AvgIpc) is 3.18. The summed E-state index contributed by atoms with van der Waals surface area (Å²) in [4.78, 5) is 13.0. The number of carbonyl (C=O) groups is 1. The molecule has 2 heterocycles. The Morgan fingerprint density at radius 3 is 2.52 bits per heavy atom. The van der Waals surface area contributed by atoms with E-state index in [-0.39, 0.29) is 10.8 Å². The molecule has 9 heteroatoms. The molecule has 1 aromatic heterocycles. The van der Waals surface area contributed by atoms with E-state index in [1.54, 1.807) is 19.1 Å². The molecule has 0 aliphatic carbocycles. The van der Waals surface area contributed by atoms with E-state index in [1.807, 2.05) is 0 Å². The molecular formula is C20H28N4O3S2. The third-order valence-electron chi connectivity index (χ3n) is 5.40. The van der Waals surface area contributed by atoms with Crippen molar-refractivity contribution in [3.63, 3.8) is 0 Å². The zero-order valence-corrected chi connectivity index (χ0v) is 18.8.